The summed E-state index contributed by atoms with van der Waals surface area (Å²) in [6, 6.07) is 8.43. The summed E-state index contributed by atoms with van der Waals surface area (Å²) in [7, 11) is 0. The van der Waals surface area contributed by atoms with E-state index < -0.39 is 0 Å². The van der Waals surface area contributed by atoms with Gasteiger partial charge < -0.3 is 10.1 Å². The van der Waals surface area contributed by atoms with Gasteiger partial charge in [-0.15, -0.1) is 0 Å². The van der Waals surface area contributed by atoms with E-state index in [1.165, 1.54) is 57.2 Å². The van der Waals surface area contributed by atoms with Crippen molar-refractivity contribution in [1.82, 2.24) is 0 Å². The van der Waals surface area contributed by atoms with Crippen LogP contribution in [0.5, 0.6) is 5.75 Å². The van der Waals surface area contributed by atoms with Gasteiger partial charge in [-0.2, -0.15) is 0 Å². The first-order chi connectivity index (χ1) is 10.3. The Bertz CT molecular complexity index is 362. The van der Waals surface area contributed by atoms with E-state index in [2.05, 4.69) is 50.4 Å². The third kappa shape index (κ3) is 8.11. The molecule has 21 heavy (non-hydrogen) atoms. The van der Waals surface area contributed by atoms with Crippen LogP contribution in [0, 0.1) is 0 Å². The van der Waals surface area contributed by atoms with Crippen molar-refractivity contribution in [3.05, 3.63) is 29.8 Å². The molecular formula is C19H34NO+. The van der Waals surface area contributed by atoms with Crippen LogP contribution in [0.2, 0.25) is 0 Å². The van der Waals surface area contributed by atoms with E-state index in [-0.39, 0.29) is 0 Å². The summed E-state index contributed by atoms with van der Waals surface area (Å²) in [6.45, 7) is 10.1. The van der Waals surface area contributed by atoms with E-state index in [0.717, 1.165) is 12.4 Å². The molecule has 1 aromatic carbocycles. The molecule has 0 saturated heterocycles. The van der Waals surface area contributed by atoms with Crippen molar-refractivity contribution in [2.45, 2.75) is 65.2 Å². The van der Waals surface area contributed by atoms with Crippen LogP contribution in [-0.2, 0) is 0 Å². The second kappa shape index (κ2) is 11.6. The molecule has 1 rings (SSSR count). The lowest BCUT2D eigenvalue weighted by Gasteiger charge is -2.13. The van der Waals surface area contributed by atoms with Gasteiger partial charge in [0.1, 0.15) is 5.75 Å². The van der Waals surface area contributed by atoms with Crippen LogP contribution in [0.25, 0.3) is 0 Å². The molecule has 2 heteroatoms. The minimum atomic E-state index is 0.528. The van der Waals surface area contributed by atoms with Crippen molar-refractivity contribution in [1.29, 1.82) is 0 Å². The van der Waals surface area contributed by atoms with Gasteiger partial charge in [0.25, 0.3) is 0 Å². The minimum Gasteiger partial charge on any atom is -0.493 e. The number of ether oxygens (including phenoxy) is 1. The standard InChI is InChI=1S/C19H33NO/c1-4-5-14-20-15-10-6-7-11-16-21-19-13-9-8-12-18(19)17(2)3/h8-9,12-13,17,20H,4-7,10-11,14-16H2,1-3H3/p+1. The van der Waals surface area contributed by atoms with Crippen molar-refractivity contribution in [3.8, 4) is 5.75 Å². The zero-order valence-electron chi connectivity index (χ0n) is 14.2. The minimum absolute atomic E-state index is 0.528. The molecule has 0 atom stereocenters. The average Bonchev–Trinajstić information content (AvgIpc) is 2.49. The molecular weight excluding hydrogens is 258 g/mol. The molecule has 2 N–H and O–H groups in total. The highest BCUT2D eigenvalue weighted by Crippen LogP contribution is 2.25. The molecule has 0 aliphatic carbocycles. The van der Waals surface area contributed by atoms with Crippen LogP contribution >= 0.6 is 0 Å². The molecule has 1 aromatic rings. The van der Waals surface area contributed by atoms with Crippen LogP contribution in [-0.4, -0.2) is 19.7 Å². The van der Waals surface area contributed by atoms with Crippen LogP contribution in [0.1, 0.15) is 70.8 Å². The van der Waals surface area contributed by atoms with Crippen LogP contribution in [0.4, 0.5) is 0 Å². The fourth-order valence-electron chi connectivity index (χ4n) is 2.51. The Labute approximate surface area is 131 Å². The normalized spacial score (nSPS) is 11.0. The Balaban J connectivity index is 2.04. The number of unbranched alkanes of at least 4 members (excludes halogenated alkanes) is 4. The molecule has 0 heterocycles. The molecule has 0 amide bonds. The summed E-state index contributed by atoms with van der Waals surface area (Å²) in [5.41, 5.74) is 1.32. The van der Waals surface area contributed by atoms with Gasteiger partial charge >= 0.3 is 0 Å². The van der Waals surface area contributed by atoms with Gasteiger partial charge in [0.05, 0.1) is 19.7 Å². The van der Waals surface area contributed by atoms with Gasteiger partial charge in [-0.1, -0.05) is 45.4 Å². The molecule has 0 aliphatic heterocycles. The van der Waals surface area contributed by atoms with Gasteiger partial charge in [-0.25, -0.2) is 0 Å². The third-order valence-electron chi connectivity index (χ3n) is 3.86. The molecule has 0 spiro atoms. The summed E-state index contributed by atoms with van der Waals surface area (Å²) in [4.78, 5) is 0. The van der Waals surface area contributed by atoms with Gasteiger partial charge in [-0.05, 0) is 49.7 Å². The highest BCUT2D eigenvalue weighted by molar-refractivity contribution is 5.35. The molecule has 0 saturated carbocycles. The lowest BCUT2D eigenvalue weighted by molar-refractivity contribution is -0.655. The van der Waals surface area contributed by atoms with E-state index in [9.17, 15) is 0 Å². The molecule has 0 aliphatic rings. The predicted octanol–water partition coefficient (Wildman–Crippen LogP) is 4.11. The largest absolute Gasteiger partial charge is 0.493 e. The zero-order valence-corrected chi connectivity index (χ0v) is 14.2. The predicted molar refractivity (Wildman–Crippen MR) is 91.1 cm³/mol. The quantitative estimate of drug-likeness (QED) is 0.576. The Kier molecular flexibility index (Phi) is 9.98. The lowest BCUT2D eigenvalue weighted by Crippen LogP contribution is -2.84. The summed E-state index contributed by atoms with van der Waals surface area (Å²) in [5, 5.41) is 2.46. The monoisotopic (exact) mass is 292 g/mol. The number of nitrogens with two attached hydrogens (primary N) is 1. The summed E-state index contributed by atoms with van der Waals surface area (Å²) in [5.74, 6) is 1.60. The van der Waals surface area contributed by atoms with Crippen molar-refractivity contribution in [2.75, 3.05) is 19.7 Å². The highest BCUT2D eigenvalue weighted by atomic mass is 16.5. The maximum absolute atomic E-state index is 5.95. The molecule has 0 unspecified atom stereocenters. The van der Waals surface area contributed by atoms with E-state index in [0.29, 0.717) is 5.92 Å². The Hall–Kier alpha value is -1.02. The van der Waals surface area contributed by atoms with E-state index in [1.54, 1.807) is 0 Å². The van der Waals surface area contributed by atoms with Crippen molar-refractivity contribution < 1.29 is 10.1 Å². The molecule has 2 nitrogen and oxygen atoms in total. The highest BCUT2D eigenvalue weighted by Gasteiger charge is 2.06. The fraction of sp³-hybridized carbons (Fsp3) is 0.684. The number of hydrogen-bond donors (Lipinski definition) is 1. The maximum atomic E-state index is 5.95. The summed E-state index contributed by atoms with van der Waals surface area (Å²) in [6.07, 6.45) is 7.78. The Morgan fingerprint density at radius 3 is 2.43 bits per heavy atom. The molecule has 0 fully saturated rings. The number of rotatable bonds is 12. The maximum Gasteiger partial charge on any atom is 0.122 e. The Morgan fingerprint density at radius 1 is 0.952 bits per heavy atom. The van der Waals surface area contributed by atoms with Crippen LogP contribution in [0.15, 0.2) is 24.3 Å². The number of para-hydroxylation sites is 1. The van der Waals surface area contributed by atoms with Crippen molar-refractivity contribution in [3.63, 3.8) is 0 Å². The summed E-state index contributed by atoms with van der Waals surface area (Å²) >= 11 is 0. The molecule has 0 bridgehead atoms. The fourth-order valence-corrected chi connectivity index (χ4v) is 2.51. The van der Waals surface area contributed by atoms with Gasteiger partial charge in [-0.3, -0.25) is 0 Å². The van der Waals surface area contributed by atoms with Crippen molar-refractivity contribution in [2.24, 2.45) is 0 Å². The number of quaternary nitrogens is 1. The SMILES string of the molecule is CCCC[NH2+]CCCCCCOc1ccccc1C(C)C. The first kappa shape index (κ1) is 18.0. The average molecular weight is 292 g/mol. The van der Waals surface area contributed by atoms with Gasteiger partial charge in [0.2, 0.25) is 0 Å². The smallest absolute Gasteiger partial charge is 0.122 e. The van der Waals surface area contributed by atoms with E-state index in [4.69, 9.17) is 4.74 Å². The second-order valence-electron chi connectivity index (χ2n) is 6.17. The van der Waals surface area contributed by atoms with Crippen molar-refractivity contribution >= 4 is 0 Å². The Morgan fingerprint density at radius 2 is 1.67 bits per heavy atom. The summed E-state index contributed by atoms with van der Waals surface area (Å²) < 4.78 is 5.95. The van der Waals surface area contributed by atoms with Gasteiger partial charge in [0.15, 0.2) is 0 Å². The first-order valence-corrected chi connectivity index (χ1v) is 8.79. The number of benzene rings is 1. The van der Waals surface area contributed by atoms with E-state index >= 15 is 0 Å². The van der Waals surface area contributed by atoms with Gasteiger partial charge in [0, 0.05) is 0 Å². The lowest BCUT2D eigenvalue weighted by atomic mass is 10.0. The topological polar surface area (TPSA) is 25.8 Å². The van der Waals surface area contributed by atoms with Crippen LogP contribution in [0.3, 0.4) is 0 Å². The second-order valence-corrected chi connectivity index (χ2v) is 6.17. The first-order valence-electron chi connectivity index (χ1n) is 8.79. The van der Waals surface area contributed by atoms with Crippen LogP contribution < -0.4 is 10.1 Å². The molecule has 120 valence electrons. The van der Waals surface area contributed by atoms with E-state index in [1.807, 2.05) is 0 Å². The molecule has 0 radical (unpaired) electrons. The molecule has 0 aromatic heterocycles. The zero-order chi connectivity index (χ0) is 15.3. The number of hydrogen-bond acceptors (Lipinski definition) is 1. The third-order valence-corrected chi connectivity index (χ3v) is 3.86.